The zero-order chi connectivity index (χ0) is 18.8. The van der Waals surface area contributed by atoms with Gasteiger partial charge in [0.1, 0.15) is 18.0 Å². The van der Waals surface area contributed by atoms with Gasteiger partial charge in [0.15, 0.2) is 0 Å². The minimum absolute atomic E-state index is 0.0481. The maximum Gasteiger partial charge on any atom is 0.267 e. The smallest absolute Gasteiger partial charge is 0.267 e. The molecule has 4 rings (SSSR count). The summed E-state index contributed by atoms with van der Waals surface area (Å²) in [6.07, 6.45) is 5.04. The normalized spacial score (nSPS) is 17.6. The quantitative estimate of drug-likeness (QED) is 0.727. The number of anilines is 2. The van der Waals surface area contributed by atoms with Crippen LogP contribution in [0.4, 0.5) is 11.6 Å². The van der Waals surface area contributed by atoms with Crippen LogP contribution in [0.3, 0.4) is 0 Å². The third-order valence-electron chi connectivity index (χ3n) is 4.97. The third-order valence-corrected chi connectivity index (χ3v) is 5.88. The van der Waals surface area contributed by atoms with Crippen LogP contribution in [0.5, 0.6) is 0 Å². The second kappa shape index (κ2) is 7.64. The molecule has 142 valence electrons. The fraction of sp³-hybridized carbons (Fsp3) is 0.474. The molecule has 7 nitrogen and oxygen atoms in total. The van der Waals surface area contributed by atoms with Crippen LogP contribution in [0.25, 0.3) is 10.2 Å². The summed E-state index contributed by atoms with van der Waals surface area (Å²) in [7, 11) is 0. The topological polar surface area (TPSA) is 75.9 Å². The van der Waals surface area contributed by atoms with Gasteiger partial charge in [-0.15, -0.1) is 11.3 Å². The highest BCUT2D eigenvalue weighted by atomic mass is 32.1. The molecule has 0 radical (unpaired) electrons. The van der Waals surface area contributed by atoms with Crippen molar-refractivity contribution in [3.05, 3.63) is 40.3 Å². The number of nitrogens with one attached hydrogen (secondary N) is 1. The van der Waals surface area contributed by atoms with E-state index in [0.29, 0.717) is 6.04 Å². The molecule has 1 fully saturated rings. The second-order valence-electron chi connectivity index (χ2n) is 7.15. The van der Waals surface area contributed by atoms with Crippen LogP contribution in [0.2, 0.25) is 0 Å². The number of thiophene rings is 1. The summed E-state index contributed by atoms with van der Waals surface area (Å²) >= 11 is 1.65. The molecule has 1 atom stereocenters. The molecule has 1 saturated heterocycles. The van der Waals surface area contributed by atoms with Crippen molar-refractivity contribution in [2.75, 3.05) is 23.3 Å². The highest BCUT2D eigenvalue weighted by molar-refractivity contribution is 7.17. The Hall–Kier alpha value is -2.48. The van der Waals surface area contributed by atoms with Crippen LogP contribution in [0, 0.1) is 0 Å². The summed E-state index contributed by atoms with van der Waals surface area (Å²) < 4.78 is 2.65. The molecular formula is C19H24N6OS. The molecule has 0 saturated carbocycles. The lowest BCUT2D eigenvalue weighted by Crippen LogP contribution is -2.45. The third kappa shape index (κ3) is 3.66. The molecule has 4 heterocycles. The minimum atomic E-state index is -0.0542. The van der Waals surface area contributed by atoms with E-state index in [1.165, 1.54) is 6.42 Å². The van der Waals surface area contributed by atoms with Crippen LogP contribution >= 0.6 is 11.3 Å². The van der Waals surface area contributed by atoms with E-state index in [4.69, 9.17) is 0 Å². The fourth-order valence-electron chi connectivity index (χ4n) is 3.58. The molecule has 27 heavy (non-hydrogen) atoms. The van der Waals surface area contributed by atoms with Crippen LogP contribution in [-0.4, -0.2) is 38.9 Å². The summed E-state index contributed by atoms with van der Waals surface area (Å²) in [5, 5.41) is 10.2. The molecule has 1 unspecified atom stereocenters. The van der Waals surface area contributed by atoms with E-state index in [1.54, 1.807) is 28.4 Å². The number of rotatable bonds is 5. The first-order valence-corrected chi connectivity index (χ1v) is 10.3. The van der Waals surface area contributed by atoms with Crippen LogP contribution in [-0.2, 0) is 0 Å². The van der Waals surface area contributed by atoms with Gasteiger partial charge >= 0.3 is 0 Å². The highest BCUT2D eigenvalue weighted by Crippen LogP contribution is 2.27. The second-order valence-corrected chi connectivity index (χ2v) is 8.07. The van der Waals surface area contributed by atoms with Gasteiger partial charge in [0.05, 0.1) is 16.3 Å². The first-order valence-electron chi connectivity index (χ1n) is 9.42. The Labute approximate surface area is 162 Å². The molecule has 3 aromatic rings. The highest BCUT2D eigenvalue weighted by Gasteiger charge is 2.24. The molecule has 0 amide bonds. The first kappa shape index (κ1) is 17.9. The lowest BCUT2D eigenvalue weighted by molar-refractivity contribution is 0.451. The largest absolute Gasteiger partial charge is 0.367 e. The summed E-state index contributed by atoms with van der Waals surface area (Å²) in [5.41, 5.74) is 0.921. The van der Waals surface area contributed by atoms with Crippen molar-refractivity contribution in [3.8, 4) is 0 Å². The van der Waals surface area contributed by atoms with E-state index < -0.39 is 0 Å². The van der Waals surface area contributed by atoms with E-state index in [0.717, 1.165) is 47.8 Å². The van der Waals surface area contributed by atoms with Gasteiger partial charge in [0, 0.05) is 25.2 Å². The maximum atomic E-state index is 12.0. The molecule has 3 aromatic heterocycles. The van der Waals surface area contributed by atoms with Crippen molar-refractivity contribution in [2.45, 2.75) is 45.2 Å². The van der Waals surface area contributed by atoms with Gasteiger partial charge in [-0.1, -0.05) is 0 Å². The van der Waals surface area contributed by atoms with Crippen molar-refractivity contribution in [3.63, 3.8) is 0 Å². The Morgan fingerprint density at radius 3 is 3.00 bits per heavy atom. The lowest BCUT2D eigenvalue weighted by Gasteiger charge is -2.37. The summed E-state index contributed by atoms with van der Waals surface area (Å²) in [4.78, 5) is 23.1. The molecule has 1 aliphatic heterocycles. The van der Waals surface area contributed by atoms with E-state index in [-0.39, 0.29) is 11.6 Å². The predicted octanol–water partition coefficient (Wildman–Crippen LogP) is 3.30. The van der Waals surface area contributed by atoms with Crippen LogP contribution in [0.15, 0.2) is 34.7 Å². The van der Waals surface area contributed by atoms with Crippen molar-refractivity contribution in [1.82, 2.24) is 19.7 Å². The van der Waals surface area contributed by atoms with E-state index >= 15 is 0 Å². The summed E-state index contributed by atoms with van der Waals surface area (Å²) in [6, 6.07) is 5.85. The average molecular weight is 385 g/mol. The lowest BCUT2D eigenvalue weighted by atomic mass is 10.0. The van der Waals surface area contributed by atoms with Crippen molar-refractivity contribution in [2.24, 2.45) is 0 Å². The summed E-state index contributed by atoms with van der Waals surface area (Å²) in [6.45, 7) is 5.70. The molecule has 0 bridgehead atoms. The number of aromatic nitrogens is 4. The number of hydrogen-bond acceptors (Lipinski definition) is 7. The molecule has 0 spiro atoms. The van der Waals surface area contributed by atoms with Gasteiger partial charge in [-0.2, -0.15) is 5.10 Å². The van der Waals surface area contributed by atoms with E-state index in [9.17, 15) is 4.79 Å². The zero-order valence-electron chi connectivity index (χ0n) is 15.6. The minimum Gasteiger partial charge on any atom is -0.367 e. The molecule has 1 aliphatic rings. The number of fused-ring (bicyclic) bond motifs is 1. The molecule has 1 N–H and O–H groups in total. The molecular weight excluding hydrogens is 360 g/mol. The van der Waals surface area contributed by atoms with Gasteiger partial charge in [-0.05, 0) is 50.6 Å². The Morgan fingerprint density at radius 2 is 2.15 bits per heavy atom. The predicted molar refractivity (Wildman–Crippen MR) is 110 cm³/mol. The van der Waals surface area contributed by atoms with Gasteiger partial charge in [-0.3, -0.25) is 4.79 Å². The number of nitrogens with zero attached hydrogens (tertiary/aromatic N) is 5. The van der Waals surface area contributed by atoms with E-state index in [1.807, 2.05) is 31.4 Å². The van der Waals surface area contributed by atoms with Gasteiger partial charge in [0.2, 0.25) is 0 Å². The number of piperidine rings is 1. The Morgan fingerprint density at radius 1 is 1.26 bits per heavy atom. The maximum absolute atomic E-state index is 12.0. The van der Waals surface area contributed by atoms with Crippen molar-refractivity contribution >= 4 is 33.2 Å². The van der Waals surface area contributed by atoms with Crippen molar-refractivity contribution in [1.29, 1.82) is 0 Å². The Balaban J connectivity index is 1.55. The van der Waals surface area contributed by atoms with Crippen molar-refractivity contribution < 1.29 is 0 Å². The SMILES string of the molecule is CC(C)n1nc(N2CCCCC2CNc2ncnc3ccsc23)ccc1=O. The average Bonchev–Trinajstić information content (AvgIpc) is 3.16. The van der Waals surface area contributed by atoms with Crippen LogP contribution < -0.4 is 15.8 Å². The van der Waals surface area contributed by atoms with Gasteiger partial charge in [-0.25, -0.2) is 14.6 Å². The standard InChI is InChI=1S/C19H24N6OS/c1-13(2)25-17(26)7-6-16(23-25)24-9-4-3-5-14(24)11-20-19-18-15(8-10-27-18)21-12-22-19/h6-8,10,12-14H,3-5,9,11H2,1-2H3,(H,20,21,22). The molecule has 0 aliphatic carbocycles. The Bertz CT molecular complexity index is 981. The first-order chi connectivity index (χ1) is 13.1. The summed E-state index contributed by atoms with van der Waals surface area (Å²) in [5.74, 6) is 1.76. The Kier molecular flexibility index (Phi) is 5.07. The molecule has 8 heteroatoms. The van der Waals surface area contributed by atoms with Gasteiger partial charge < -0.3 is 10.2 Å². The van der Waals surface area contributed by atoms with Crippen LogP contribution in [0.1, 0.15) is 39.2 Å². The van der Waals surface area contributed by atoms with Gasteiger partial charge in [0.25, 0.3) is 5.56 Å². The zero-order valence-corrected chi connectivity index (χ0v) is 16.4. The van der Waals surface area contributed by atoms with E-state index in [2.05, 4.69) is 25.3 Å². The molecule has 0 aromatic carbocycles. The fourth-order valence-corrected chi connectivity index (χ4v) is 4.39. The monoisotopic (exact) mass is 384 g/mol. The number of hydrogen-bond donors (Lipinski definition) is 1.